The summed E-state index contributed by atoms with van der Waals surface area (Å²) in [6.07, 6.45) is -3.07. The lowest BCUT2D eigenvalue weighted by Gasteiger charge is -2.28. The first kappa shape index (κ1) is 25.3. The largest absolute Gasteiger partial charge is 0.353 e. The van der Waals surface area contributed by atoms with Crippen LogP contribution in [0.25, 0.3) is 0 Å². The fourth-order valence-electron chi connectivity index (χ4n) is 4.04. The number of sulfonamides is 1. The number of aryl methyl sites for hydroxylation is 2. The molecule has 0 spiro atoms. The van der Waals surface area contributed by atoms with Crippen LogP contribution in [0.3, 0.4) is 0 Å². The number of benzene rings is 2. The molecule has 0 aromatic heterocycles. The van der Waals surface area contributed by atoms with E-state index in [1.165, 1.54) is 19.2 Å². The number of fused-ring (bicyclic) bond motifs is 1. The second-order valence-corrected chi connectivity index (χ2v) is 11.7. The molecule has 2 saturated heterocycles. The maximum absolute atomic E-state index is 13.5. The number of carbonyl (C=O) groups excluding carboxylic acids is 1. The zero-order valence-corrected chi connectivity index (χ0v) is 21.3. The number of rotatable bonds is 7. The van der Waals surface area contributed by atoms with E-state index in [0.29, 0.717) is 4.90 Å². The van der Waals surface area contributed by atoms with Crippen molar-refractivity contribution in [3.8, 4) is 0 Å². The van der Waals surface area contributed by atoms with Crippen molar-refractivity contribution in [1.82, 2.24) is 4.72 Å². The summed E-state index contributed by atoms with van der Waals surface area (Å²) in [4.78, 5) is 14.3. The number of hydrogen-bond donors (Lipinski definition) is 1. The lowest BCUT2D eigenvalue weighted by atomic mass is 10.1. The van der Waals surface area contributed by atoms with Gasteiger partial charge in [0.2, 0.25) is 15.1 Å². The molecule has 0 amide bonds. The molecule has 2 aliphatic heterocycles. The minimum Gasteiger partial charge on any atom is -0.353 e. The van der Waals surface area contributed by atoms with Crippen molar-refractivity contribution in [1.29, 1.82) is 0 Å². The maximum Gasteiger partial charge on any atom is 0.241 e. The van der Waals surface area contributed by atoms with E-state index < -0.39 is 51.6 Å². The van der Waals surface area contributed by atoms with Crippen molar-refractivity contribution in [2.75, 3.05) is 7.11 Å². The van der Waals surface area contributed by atoms with Crippen LogP contribution in [-0.4, -0.2) is 57.1 Å². The van der Waals surface area contributed by atoms with Crippen LogP contribution in [0.5, 0.6) is 0 Å². The Morgan fingerprint density at radius 1 is 1.00 bits per heavy atom. The Kier molecular flexibility index (Phi) is 7.21. The molecule has 0 radical (unpaired) electrons. The third kappa shape index (κ3) is 5.38. The molecule has 4 rings (SSSR count). The predicted octanol–water partition coefficient (Wildman–Crippen LogP) is 3.16. The molecule has 10 heteroatoms. The van der Waals surface area contributed by atoms with Crippen LogP contribution < -0.4 is 4.72 Å². The van der Waals surface area contributed by atoms with Crippen LogP contribution in [0.15, 0.2) is 58.3 Å². The SMILES string of the molecule is CO[C@@H]1O[C@H]([C@H](NS(=O)(=O)c2ccc(C)cc2)C(=O)Sc2ccc(C)cc2)[C@H]2OC(C)(C)O[C@@H]12. The monoisotopic (exact) mass is 507 g/mol. The molecule has 184 valence electrons. The number of methoxy groups -OCH3 is 1. The Morgan fingerprint density at radius 3 is 2.15 bits per heavy atom. The molecular formula is C24H29NO7S2. The van der Waals surface area contributed by atoms with Gasteiger partial charge in [-0.15, -0.1) is 0 Å². The average Bonchev–Trinajstić information content (AvgIpc) is 3.26. The van der Waals surface area contributed by atoms with E-state index in [1.54, 1.807) is 26.0 Å². The molecule has 0 bridgehead atoms. The molecule has 34 heavy (non-hydrogen) atoms. The molecule has 8 nitrogen and oxygen atoms in total. The topological polar surface area (TPSA) is 100 Å². The Morgan fingerprint density at radius 2 is 1.56 bits per heavy atom. The minimum atomic E-state index is -4.04. The zero-order valence-electron chi connectivity index (χ0n) is 19.7. The lowest BCUT2D eigenvalue weighted by molar-refractivity contribution is -0.228. The number of thioether (sulfide) groups is 1. The zero-order chi connectivity index (χ0) is 24.7. The van der Waals surface area contributed by atoms with Gasteiger partial charge in [0.1, 0.15) is 24.4 Å². The molecular weight excluding hydrogens is 478 g/mol. The molecule has 0 aliphatic carbocycles. The summed E-state index contributed by atoms with van der Waals surface area (Å²) < 4.78 is 52.4. The van der Waals surface area contributed by atoms with Gasteiger partial charge in [-0.3, -0.25) is 4.79 Å². The molecule has 2 fully saturated rings. The van der Waals surface area contributed by atoms with Gasteiger partial charge in [-0.25, -0.2) is 8.42 Å². The minimum absolute atomic E-state index is 0.0537. The van der Waals surface area contributed by atoms with E-state index in [9.17, 15) is 13.2 Å². The summed E-state index contributed by atoms with van der Waals surface area (Å²) in [5.41, 5.74) is 1.97. The molecule has 1 N–H and O–H groups in total. The van der Waals surface area contributed by atoms with Crippen molar-refractivity contribution in [2.24, 2.45) is 0 Å². The van der Waals surface area contributed by atoms with E-state index >= 15 is 0 Å². The lowest BCUT2D eigenvalue weighted by Crippen LogP contribution is -2.52. The first-order valence-electron chi connectivity index (χ1n) is 10.9. The van der Waals surface area contributed by atoms with Gasteiger partial charge in [0.05, 0.1) is 4.90 Å². The number of ether oxygens (including phenoxy) is 4. The van der Waals surface area contributed by atoms with Gasteiger partial charge in [-0.1, -0.05) is 47.2 Å². The second kappa shape index (κ2) is 9.69. The number of carbonyl (C=O) groups is 1. The number of hydrogen-bond acceptors (Lipinski definition) is 8. The fourth-order valence-corrected chi connectivity index (χ4v) is 6.14. The average molecular weight is 508 g/mol. The molecule has 2 heterocycles. The first-order chi connectivity index (χ1) is 16.0. The molecule has 0 saturated carbocycles. The van der Waals surface area contributed by atoms with Crippen LogP contribution in [0, 0.1) is 13.8 Å². The van der Waals surface area contributed by atoms with Gasteiger partial charge in [0.25, 0.3) is 0 Å². The van der Waals surface area contributed by atoms with Gasteiger partial charge >= 0.3 is 0 Å². The van der Waals surface area contributed by atoms with Crippen LogP contribution in [0.2, 0.25) is 0 Å². The predicted molar refractivity (Wildman–Crippen MR) is 127 cm³/mol. The Bertz CT molecular complexity index is 1130. The molecule has 2 aromatic rings. The normalized spacial score (nSPS) is 26.9. The summed E-state index contributed by atoms with van der Waals surface area (Å²) in [5.74, 6) is -0.929. The van der Waals surface area contributed by atoms with Crippen LogP contribution in [0.1, 0.15) is 25.0 Å². The smallest absolute Gasteiger partial charge is 0.241 e. The second-order valence-electron chi connectivity index (χ2n) is 8.92. The highest BCUT2D eigenvalue weighted by atomic mass is 32.2. The summed E-state index contributed by atoms with van der Waals surface area (Å²) in [5, 5.41) is -0.423. The van der Waals surface area contributed by atoms with Gasteiger partial charge in [-0.05, 0) is 52.0 Å². The van der Waals surface area contributed by atoms with Crippen molar-refractivity contribution in [2.45, 2.75) is 73.9 Å². The Balaban J connectivity index is 1.66. The van der Waals surface area contributed by atoms with Gasteiger partial charge < -0.3 is 18.9 Å². The molecule has 0 unspecified atom stereocenters. The highest BCUT2D eigenvalue weighted by Gasteiger charge is 2.59. The van der Waals surface area contributed by atoms with Crippen molar-refractivity contribution < 1.29 is 32.2 Å². The fraction of sp³-hybridized carbons (Fsp3) is 0.458. The van der Waals surface area contributed by atoms with Crippen molar-refractivity contribution in [3.63, 3.8) is 0 Å². The molecule has 5 atom stereocenters. The highest BCUT2D eigenvalue weighted by molar-refractivity contribution is 8.13. The molecule has 2 aromatic carbocycles. The van der Waals surface area contributed by atoms with Crippen LogP contribution >= 0.6 is 11.8 Å². The third-order valence-corrected chi connectivity index (χ3v) is 8.13. The summed E-state index contributed by atoms with van der Waals surface area (Å²) >= 11 is 0.945. The van der Waals surface area contributed by atoms with Gasteiger partial charge in [0.15, 0.2) is 12.1 Å². The first-order valence-corrected chi connectivity index (χ1v) is 13.2. The summed E-state index contributed by atoms with van der Waals surface area (Å²) in [6, 6.07) is 12.6. The van der Waals surface area contributed by atoms with Crippen LogP contribution in [0.4, 0.5) is 0 Å². The Labute approximate surface area is 204 Å². The van der Waals surface area contributed by atoms with Crippen molar-refractivity contribution >= 4 is 26.9 Å². The van der Waals surface area contributed by atoms with Gasteiger partial charge in [0, 0.05) is 12.0 Å². The van der Waals surface area contributed by atoms with E-state index in [1.807, 2.05) is 38.1 Å². The molecule has 2 aliphatic rings. The number of nitrogens with one attached hydrogen (secondary N) is 1. The van der Waals surface area contributed by atoms with Gasteiger partial charge in [-0.2, -0.15) is 4.72 Å². The van der Waals surface area contributed by atoms with E-state index in [4.69, 9.17) is 18.9 Å². The van der Waals surface area contributed by atoms with E-state index in [-0.39, 0.29) is 4.90 Å². The summed E-state index contributed by atoms with van der Waals surface area (Å²) in [6.45, 7) is 7.32. The maximum atomic E-state index is 13.5. The van der Waals surface area contributed by atoms with Crippen molar-refractivity contribution in [3.05, 3.63) is 59.7 Å². The quantitative estimate of drug-likeness (QED) is 0.571. The highest BCUT2D eigenvalue weighted by Crippen LogP contribution is 2.41. The standard InChI is InChI=1S/C24H29NO7S2/c1-14-6-10-16(11-7-14)33-22(26)18(25-34(27,28)17-12-8-15(2)9-13-17)19-20-21(23(29-5)30-19)32-24(3,4)31-20/h6-13,18-21,23,25H,1-5H3/t18-,19+,20+,21+,23+/m0/s1. The summed E-state index contributed by atoms with van der Waals surface area (Å²) in [7, 11) is -2.58. The van der Waals surface area contributed by atoms with Crippen LogP contribution in [-0.2, 0) is 33.8 Å². The third-order valence-electron chi connectivity index (χ3n) is 5.71. The van der Waals surface area contributed by atoms with E-state index in [2.05, 4.69) is 4.72 Å². The van der Waals surface area contributed by atoms with E-state index in [0.717, 1.165) is 22.9 Å². The Hall–Kier alpha value is -1.79.